The first-order valence-corrected chi connectivity index (χ1v) is 7.74. The molecular formula is C15H28N2. The molecule has 2 heteroatoms. The number of hydrogen-bond donors (Lipinski definition) is 2. The first kappa shape index (κ1) is 12.0. The second kappa shape index (κ2) is 4.89. The molecule has 0 aliphatic heterocycles. The molecule has 98 valence electrons. The predicted octanol–water partition coefficient (Wildman–Crippen LogP) is 3.08. The highest BCUT2D eigenvalue weighted by Gasteiger charge is 2.41. The third kappa shape index (κ3) is 2.26. The number of fused-ring (bicyclic) bond motifs is 2. The second-order valence-electron chi connectivity index (χ2n) is 7.02. The summed E-state index contributed by atoms with van der Waals surface area (Å²) in [5.41, 5.74) is 3.16. The number of nitrogens with one attached hydrogen (secondary N) is 1. The van der Waals surface area contributed by atoms with Gasteiger partial charge in [-0.3, -0.25) is 11.3 Å². The van der Waals surface area contributed by atoms with Crippen LogP contribution in [0.15, 0.2) is 0 Å². The van der Waals surface area contributed by atoms with Gasteiger partial charge in [-0.1, -0.05) is 26.2 Å². The number of hydrogen-bond acceptors (Lipinski definition) is 2. The predicted molar refractivity (Wildman–Crippen MR) is 71.2 cm³/mol. The van der Waals surface area contributed by atoms with Crippen LogP contribution in [0.3, 0.4) is 0 Å². The maximum atomic E-state index is 5.84. The second-order valence-corrected chi connectivity index (χ2v) is 7.02. The Kier molecular flexibility index (Phi) is 3.45. The smallest absolute Gasteiger partial charge is 0.0244 e. The summed E-state index contributed by atoms with van der Waals surface area (Å²) in [4.78, 5) is 0. The van der Waals surface area contributed by atoms with Crippen molar-refractivity contribution in [3.05, 3.63) is 0 Å². The van der Waals surface area contributed by atoms with Gasteiger partial charge in [0.15, 0.2) is 0 Å². The lowest BCUT2D eigenvalue weighted by Gasteiger charge is -2.31. The van der Waals surface area contributed by atoms with Crippen molar-refractivity contribution in [3.63, 3.8) is 0 Å². The Morgan fingerprint density at radius 3 is 2.59 bits per heavy atom. The normalized spacial score (nSPS) is 46.6. The summed E-state index contributed by atoms with van der Waals surface area (Å²) in [6.07, 6.45) is 11.6. The maximum absolute atomic E-state index is 5.84. The fourth-order valence-electron chi connectivity index (χ4n) is 5.13. The van der Waals surface area contributed by atoms with Crippen LogP contribution >= 0.6 is 0 Å². The zero-order valence-electron chi connectivity index (χ0n) is 11.2. The lowest BCUT2D eigenvalue weighted by molar-refractivity contribution is 0.215. The monoisotopic (exact) mass is 236 g/mol. The molecule has 2 bridgehead atoms. The molecule has 3 aliphatic carbocycles. The Morgan fingerprint density at radius 1 is 1.18 bits per heavy atom. The van der Waals surface area contributed by atoms with Gasteiger partial charge in [-0.05, 0) is 61.7 Å². The van der Waals surface area contributed by atoms with Crippen LogP contribution in [0, 0.1) is 29.6 Å². The molecule has 2 nitrogen and oxygen atoms in total. The molecule has 0 aromatic heterocycles. The van der Waals surface area contributed by atoms with Gasteiger partial charge in [0, 0.05) is 6.04 Å². The molecule has 0 amide bonds. The first-order chi connectivity index (χ1) is 8.28. The summed E-state index contributed by atoms with van der Waals surface area (Å²) in [7, 11) is 0. The molecule has 0 spiro atoms. The SMILES string of the molecule is CC1CCCC1C(CC1CC2CCC1C2)NN. The minimum absolute atomic E-state index is 0.594. The largest absolute Gasteiger partial charge is 0.271 e. The summed E-state index contributed by atoms with van der Waals surface area (Å²) in [5.74, 6) is 10.7. The quantitative estimate of drug-likeness (QED) is 0.581. The van der Waals surface area contributed by atoms with Crippen LogP contribution in [0.25, 0.3) is 0 Å². The highest BCUT2D eigenvalue weighted by atomic mass is 15.2. The summed E-state index contributed by atoms with van der Waals surface area (Å²) < 4.78 is 0. The Labute approximate surface area is 106 Å². The van der Waals surface area contributed by atoms with Crippen molar-refractivity contribution in [1.82, 2.24) is 5.43 Å². The molecule has 0 radical (unpaired) electrons. The van der Waals surface area contributed by atoms with Crippen LogP contribution in [0.1, 0.15) is 58.3 Å². The zero-order valence-corrected chi connectivity index (χ0v) is 11.2. The molecule has 3 aliphatic rings. The molecule has 3 N–H and O–H groups in total. The Bertz CT molecular complexity index is 266. The lowest BCUT2D eigenvalue weighted by Crippen LogP contribution is -2.43. The molecule has 3 saturated carbocycles. The van der Waals surface area contributed by atoms with Crippen LogP contribution < -0.4 is 11.3 Å². The molecule has 0 aromatic rings. The Balaban J connectivity index is 1.58. The van der Waals surface area contributed by atoms with E-state index in [9.17, 15) is 0 Å². The van der Waals surface area contributed by atoms with Crippen molar-refractivity contribution < 1.29 is 0 Å². The molecule has 3 rings (SSSR count). The van der Waals surface area contributed by atoms with Gasteiger partial charge in [-0.25, -0.2) is 0 Å². The minimum atomic E-state index is 0.594. The highest BCUT2D eigenvalue weighted by Crippen LogP contribution is 2.50. The van der Waals surface area contributed by atoms with Gasteiger partial charge in [-0.2, -0.15) is 0 Å². The van der Waals surface area contributed by atoms with E-state index in [0.29, 0.717) is 6.04 Å². The number of hydrazine groups is 1. The lowest BCUT2D eigenvalue weighted by atomic mass is 9.79. The van der Waals surface area contributed by atoms with E-state index in [4.69, 9.17) is 5.84 Å². The summed E-state index contributed by atoms with van der Waals surface area (Å²) >= 11 is 0. The average Bonchev–Trinajstić information content (AvgIpc) is 3.02. The van der Waals surface area contributed by atoms with Gasteiger partial charge in [0.05, 0.1) is 0 Å². The van der Waals surface area contributed by atoms with Crippen LogP contribution in [0.4, 0.5) is 0 Å². The van der Waals surface area contributed by atoms with Gasteiger partial charge in [0.2, 0.25) is 0 Å². The van der Waals surface area contributed by atoms with E-state index in [1.54, 1.807) is 0 Å². The van der Waals surface area contributed by atoms with Gasteiger partial charge < -0.3 is 0 Å². The molecule has 6 unspecified atom stereocenters. The summed E-state index contributed by atoms with van der Waals surface area (Å²) in [6.45, 7) is 2.42. The van der Waals surface area contributed by atoms with E-state index < -0.39 is 0 Å². The summed E-state index contributed by atoms with van der Waals surface area (Å²) in [5, 5.41) is 0. The third-order valence-electron chi connectivity index (χ3n) is 6.10. The van der Waals surface area contributed by atoms with Crippen LogP contribution in [0.5, 0.6) is 0 Å². The van der Waals surface area contributed by atoms with E-state index in [-0.39, 0.29) is 0 Å². The molecule has 6 atom stereocenters. The zero-order chi connectivity index (χ0) is 11.8. The van der Waals surface area contributed by atoms with Crippen molar-refractivity contribution >= 4 is 0 Å². The van der Waals surface area contributed by atoms with Crippen LogP contribution in [-0.4, -0.2) is 6.04 Å². The van der Waals surface area contributed by atoms with Crippen LogP contribution in [0.2, 0.25) is 0 Å². The van der Waals surface area contributed by atoms with Gasteiger partial charge in [0.1, 0.15) is 0 Å². The Hall–Kier alpha value is -0.0800. The van der Waals surface area contributed by atoms with E-state index in [0.717, 1.165) is 29.6 Å². The van der Waals surface area contributed by atoms with E-state index >= 15 is 0 Å². The molecule has 17 heavy (non-hydrogen) atoms. The van der Waals surface area contributed by atoms with E-state index in [2.05, 4.69) is 12.3 Å². The van der Waals surface area contributed by atoms with Crippen molar-refractivity contribution in [2.45, 2.75) is 64.3 Å². The van der Waals surface area contributed by atoms with Crippen molar-refractivity contribution in [1.29, 1.82) is 0 Å². The average molecular weight is 236 g/mol. The van der Waals surface area contributed by atoms with Gasteiger partial charge >= 0.3 is 0 Å². The first-order valence-electron chi connectivity index (χ1n) is 7.74. The highest BCUT2D eigenvalue weighted by molar-refractivity contribution is 4.93. The van der Waals surface area contributed by atoms with E-state index in [1.807, 2.05) is 0 Å². The molecule has 0 aromatic carbocycles. The van der Waals surface area contributed by atoms with Crippen molar-refractivity contribution in [2.75, 3.05) is 0 Å². The van der Waals surface area contributed by atoms with Crippen LogP contribution in [-0.2, 0) is 0 Å². The van der Waals surface area contributed by atoms with Crippen molar-refractivity contribution in [2.24, 2.45) is 35.4 Å². The Morgan fingerprint density at radius 2 is 2.06 bits per heavy atom. The molecule has 0 saturated heterocycles. The molecule has 3 fully saturated rings. The van der Waals surface area contributed by atoms with Gasteiger partial charge in [-0.15, -0.1) is 0 Å². The number of nitrogens with two attached hydrogens (primary N) is 1. The third-order valence-corrected chi connectivity index (χ3v) is 6.10. The van der Waals surface area contributed by atoms with E-state index in [1.165, 1.54) is 51.4 Å². The molecule has 0 heterocycles. The maximum Gasteiger partial charge on any atom is 0.0244 e. The van der Waals surface area contributed by atoms with Crippen molar-refractivity contribution in [3.8, 4) is 0 Å². The fourth-order valence-corrected chi connectivity index (χ4v) is 5.13. The molecular weight excluding hydrogens is 208 g/mol. The topological polar surface area (TPSA) is 38.0 Å². The number of rotatable bonds is 4. The standard InChI is InChI=1S/C15H28N2/c1-10-3-2-4-14(10)15(17-16)9-13-8-11-5-6-12(13)7-11/h10-15,17H,2-9,16H2,1H3. The summed E-state index contributed by atoms with van der Waals surface area (Å²) in [6, 6.07) is 0.594. The fraction of sp³-hybridized carbons (Fsp3) is 1.00. The van der Waals surface area contributed by atoms with Gasteiger partial charge in [0.25, 0.3) is 0 Å². The minimum Gasteiger partial charge on any atom is -0.271 e.